The molecule has 4 rings (SSSR count). The summed E-state index contributed by atoms with van der Waals surface area (Å²) in [6.45, 7) is 5.91. The fourth-order valence-electron chi connectivity index (χ4n) is 4.41. The van der Waals surface area contributed by atoms with Crippen LogP contribution in [0, 0.1) is 19.3 Å². The number of para-hydroxylation sites is 2. The van der Waals surface area contributed by atoms with E-state index in [1.807, 2.05) is 63.2 Å². The van der Waals surface area contributed by atoms with Crippen molar-refractivity contribution in [1.82, 2.24) is 9.13 Å². The van der Waals surface area contributed by atoms with Gasteiger partial charge in [-0.25, -0.2) is 9.59 Å². The van der Waals surface area contributed by atoms with Gasteiger partial charge in [0, 0.05) is 10.5 Å². The third kappa shape index (κ3) is 4.12. The number of nitrogens with zero attached hydrogens (tertiary/aromatic N) is 2. The van der Waals surface area contributed by atoms with Crippen LogP contribution in [0.15, 0.2) is 70.4 Å². The van der Waals surface area contributed by atoms with Crippen molar-refractivity contribution in [2.75, 3.05) is 0 Å². The Bertz CT molecular complexity index is 1440. The average molecular weight is 460 g/mol. The summed E-state index contributed by atoms with van der Waals surface area (Å²) >= 11 is 4.57. The molecule has 0 radical (unpaired) electrons. The van der Waals surface area contributed by atoms with Crippen LogP contribution in [0.4, 0.5) is 0 Å². The van der Waals surface area contributed by atoms with Gasteiger partial charge in [0.15, 0.2) is 0 Å². The highest BCUT2D eigenvalue weighted by Gasteiger charge is 2.21. The molecule has 6 nitrogen and oxygen atoms in total. The number of nitrogens with one attached hydrogen (secondary N) is 1. The predicted molar refractivity (Wildman–Crippen MR) is 133 cm³/mol. The smallest absolute Gasteiger partial charge is 0.335 e. The summed E-state index contributed by atoms with van der Waals surface area (Å²) in [5.74, 6) is -1.01. The molecule has 0 aliphatic carbocycles. The highest BCUT2D eigenvalue weighted by molar-refractivity contribution is 7.80. The Labute approximate surface area is 197 Å². The molecule has 168 valence electrons. The van der Waals surface area contributed by atoms with E-state index in [1.54, 1.807) is 21.3 Å². The van der Waals surface area contributed by atoms with Gasteiger partial charge in [-0.1, -0.05) is 30.3 Å². The molecule has 0 saturated carbocycles. The fraction of sp³-hybridized carbons (Fsp3) is 0.192. The van der Waals surface area contributed by atoms with E-state index in [0.29, 0.717) is 10.6 Å². The first-order chi connectivity index (χ1) is 15.7. The van der Waals surface area contributed by atoms with Gasteiger partial charge in [0.25, 0.3) is 0 Å². The van der Waals surface area contributed by atoms with Gasteiger partial charge < -0.3 is 10.5 Å². The number of benzene rings is 3. The molecule has 2 N–H and O–H groups in total. The molecule has 1 unspecified atom stereocenters. The first kappa shape index (κ1) is 22.6. The van der Waals surface area contributed by atoms with E-state index in [4.69, 9.17) is 5.41 Å². The van der Waals surface area contributed by atoms with Crippen molar-refractivity contribution >= 4 is 35.3 Å². The molecular formula is C26H25N3O3S. The van der Waals surface area contributed by atoms with Gasteiger partial charge in [0.1, 0.15) is 0 Å². The molecule has 0 fully saturated rings. The van der Waals surface area contributed by atoms with Crippen molar-refractivity contribution in [3.05, 3.63) is 99.0 Å². The molecule has 3 aromatic carbocycles. The Balaban J connectivity index is 1.82. The molecular weight excluding hydrogens is 434 g/mol. The Hall–Kier alpha value is -3.58. The second kappa shape index (κ2) is 8.75. The summed E-state index contributed by atoms with van der Waals surface area (Å²) < 4.78 is 3.26. The van der Waals surface area contributed by atoms with Crippen LogP contribution in [0.3, 0.4) is 0 Å². The van der Waals surface area contributed by atoms with E-state index in [9.17, 15) is 14.7 Å². The monoisotopic (exact) mass is 459 g/mol. The van der Waals surface area contributed by atoms with Gasteiger partial charge >= 0.3 is 11.7 Å². The number of aromatic carboxylic acids is 1. The Morgan fingerprint density at radius 1 is 1.06 bits per heavy atom. The topological polar surface area (TPSA) is 88.1 Å². The number of aryl methyl sites for hydroxylation is 2. The number of hydrogen-bond acceptors (Lipinski definition) is 4. The minimum Gasteiger partial charge on any atom is -0.478 e. The molecule has 1 heterocycles. The van der Waals surface area contributed by atoms with Crippen LogP contribution in [-0.4, -0.2) is 25.9 Å². The fourth-order valence-corrected chi connectivity index (χ4v) is 4.93. The van der Waals surface area contributed by atoms with Crippen molar-refractivity contribution in [3.8, 4) is 0 Å². The number of hydrogen-bond donors (Lipinski definition) is 3. The number of carboxylic acids is 1. The zero-order valence-corrected chi connectivity index (χ0v) is 19.6. The Morgan fingerprint density at radius 2 is 1.76 bits per heavy atom. The first-order valence-electron chi connectivity index (χ1n) is 10.6. The van der Waals surface area contributed by atoms with Crippen LogP contribution in [-0.2, 0) is 6.54 Å². The standard InChI is InChI=1S/C26H25N3O3S/c1-15-11-16(2)24(23(33)12-15)20(27)14-28-21-9-4-5-10-22(21)29(26(28)32)17(3)18-7-6-8-19(13-18)25(30)31/h4-13,17,27,33H,14H2,1-3H3,(H,30,31). The van der Waals surface area contributed by atoms with Crippen molar-refractivity contribution in [3.63, 3.8) is 0 Å². The number of rotatable bonds is 6. The van der Waals surface area contributed by atoms with Gasteiger partial charge in [-0.3, -0.25) is 9.13 Å². The first-order valence-corrected chi connectivity index (χ1v) is 11.0. The van der Waals surface area contributed by atoms with Crippen LogP contribution >= 0.6 is 12.6 Å². The van der Waals surface area contributed by atoms with Crippen LogP contribution < -0.4 is 5.69 Å². The van der Waals surface area contributed by atoms with Gasteiger partial charge in [-0.2, -0.15) is 0 Å². The maximum absolute atomic E-state index is 13.6. The van der Waals surface area contributed by atoms with Crippen LogP contribution in [0.1, 0.15) is 45.6 Å². The van der Waals surface area contributed by atoms with Gasteiger partial charge in [-0.05, 0) is 67.8 Å². The largest absolute Gasteiger partial charge is 0.478 e. The van der Waals surface area contributed by atoms with Crippen molar-refractivity contribution in [2.45, 2.75) is 38.3 Å². The van der Waals surface area contributed by atoms with E-state index in [0.717, 1.165) is 33.3 Å². The molecule has 4 aromatic rings. The highest BCUT2D eigenvalue weighted by atomic mass is 32.1. The molecule has 33 heavy (non-hydrogen) atoms. The van der Waals surface area contributed by atoms with Gasteiger partial charge in [-0.15, -0.1) is 12.6 Å². The summed E-state index contributed by atoms with van der Waals surface area (Å²) in [6.07, 6.45) is 0. The lowest BCUT2D eigenvalue weighted by atomic mass is 10.0. The van der Waals surface area contributed by atoms with Crippen LogP contribution in [0.25, 0.3) is 11.0 Å². The summed E-state index contributed by atoms with van der Waals surface area (Å²) in [7, 11) is 0. The zero-order valence-electron chi connectivity index (χ0n) is 18.7. The lowest BCUT2D eigenvalue weighted by molar-refractivity contribution is 0.0696. The number of carbonyl (C=O) groups is 1. The Kier molecular flexibility index (Phi) is 5.99. The van der Waals surface area contributed by atoms with Crippen molar-refractivity contribution in [1.29, 1.82) is 5.41 Å². The maximum Gasteiger partial charge on any atom is 0.335 e. The van der Waals surface area contributed by atoms with Crippen molar-refractivity contribution in [2.24, 2.45) is 0 Å². The van der Waals surface area contributed by atoms with E-state index in [2.05, 4.69) is 12.6 Å². The summed E-state index contributed by atoms with van der Waals surface area (Å²) in [5, 5.41) is 18.1. The number of aromatic nitrogens is 2. The number of carboxylic acid groups (broad SMARTS) is 1. The predicted octanol–water partition coefficient (Wildman–Crippen LogP) is 5.08. The van der Waals surface area contributed by atoms with Crippen LogP contribution in [0.5, 0.6) is 0 Å². The van der Waals surface area contributed by atoms with Crippen molar-refractivity contribution < 1.29 is 9.90 Å². The lowest BCUT2D eigenvalue weighted by Gasteiger charge is -2.15. The molecule has 0 bridgehead atoms. The average Bonchev–Trinajstić information content (AvgIpc) is 3.04. The summed E-state index contributed by atoms with van der Waals surface area (Å²) in [4.78, 5) is 25.7. The number of imidazole rings is 1. The summed E-state index contributed by atoms with van der Waals surface area (Å²) in [5.41, 5.74) is 5.16. The minimum absolute atomic E-state index is 0.103. The molecule has 7 heteroatoms. The van der Waals surface area contributed by atoms with E-state index in [1.165, 1.54) is 6.07 Å². The second-order valence-electron chi connectivity index (χ2n) is 8.29. The molecule has 0 aliphatic heterocycles. The van der Waals surface area contributed by atoms with E-state index < -0.39 is 12.0 Å². The van der Waals surface area contributed by atoms with Crippen LogP contribution in [0.2, 0.25) is 0 Å². The molecule has 1 atom stereocenters. The molecule has 0 saturated heterocycles. The normalized spacial score (nSPS) is 12.1. The van der Waals surface area contributed by atoms with E-state index >= 15 is 0 Å². The minimum atomic E-state index is -1.01. The zero-order chi connectivity index (χ0) is 23.9. The Morgan fingerprint density at radius 3 is 2.42 bits per heavy atom. The lowest BCUT2D eigenvalue weighted by Crippen LogP contribution is -2.29. The van der Waals surface area contributed by atoms with E-state index in [-0.39, 0.29) is 17.8 Å². The van der Waals surface area contributed by atoms with Gasteiger partial charge in [0.2, 0.25) is 0 Å². The summed E-state index contributed by atoms with van der Waals surface area (Å²) in [6, 6.07) is 17.6. The third-order valence-corrected chi connectivity index (χ3v) is 6.30. The second-order valence-corrected chi connectivity index (χ2v) is 8.77. The van der Waals surface area contributed by atoms with Gasteiger partial charge in [0.05, 0.1) is 34.9 Å². The molecule has 0 spiro atoms. The quantitative estimate of drug-likeness (QED) is 0.277. The SMILES string of the molecule is Cc1cc(C)c(C(=N)Cn2c(=O)n(C(C)c3cccc(C(=O)O)c3)c3ccccc32)c(S)c1. The maximum atomic E-state index is 13.6. The number of thiol groups is 1. The molecule has 1 aromatic heterocycles. The third-order valence-electron chi connectivity index (χ3n) is 5.95. The number of fused-ring (bicyclic) bond motifs is 1. The highest BCUT2D eigenvalue weighted by Crippen LogP contribution is 2.25. The molecule has 0 amide bonds. The molecule has 0 aliphatic rings.